The van der Waals surface area contributed by atoms with Crippen LogP contribution in [0.5, 0.6) is 0 Å². The smallest absolute Gasteiger partial charge is 0.00104 e. The number of unbranched alkanes of at least 4 members (excludes halogenated alkanes) is 6. The van der Waals surface area contributed by atoms with Gasteiger partial charge in [0.15, 0.2) is 0 Å². The van der Waals surface area contributed by atoms with Gasteiger partial charge >= 0.3 is 0 Å². The van der Waals surface area contributed by atoms with E-state index >= 15 is 0 Å². The number of hydrogen-bond acceptors (Lipinski definition) is 1. The molecule has 0 aliphatic carbocycles. The third-order valence-corrected chi connectivity index (χ3v) is 2.68. The molecule has 1 unspecified atom stereocenters. The van der Waals surface area contributed by atoms with Crippen molar-refractivity contribution in [3.05, 3.63) is 12.2 Å². The molecule has 15 heavy (non-hydrogen) atoms. The minimum Gasteiger partial charge on any atom is -0.328 e. The molecule has 0 aliphatic rings. The van der Waals surface area contributed by atoms with Crippen LogP contribution >= 0.6 is 0 Å². The number of nitrogens with two attached hydrogens (primary N) is 1. The second-order valence-corrected chi connectivity index (χ2v) is 4.56. The highest BCUT2D eigenvalue weighted by Gasteiger charge is 1.94. The van der Waals surface area contributed by atoms with Gasteiger partial charge in [-0.15, -0.1) is 0 Å². The molecule has 2 N–H and O–H groups in total. The first-order valence-electron chi connectivity index (χ1n) is 6.68. The Morgan fingerprint density at radius 1 is 0.933 bits per heavy atom. The molecule has 1 nitrogen and oxygen atoms in total. The molecule has 0 saturated heterocycles. The standard InChI is InChI=1S/C14H29N/c1-3-4-5-6-7-8-9-10-11-12-13-14(2)15/h4-5,14H,3,6-13,15H2,1-2H3. The van der Waals surface area contributed by atoms with E-state index < -0.39 is 0 Å². The summed E-state index contributed by atoms with van der Waals surface area (Å²) >= 11 is 0. The average molecular weight is 211 g/mol. The van der Waals surface area contributed by atoms with Crippen LogP contribution in [0.15, 0.2) is 12.2 Å². The van der Waals surface area contributed by atoms with Crippen molar-refractivity contribution in [3.63, 3.8) is 0 Å². The largest absolute Gasteiger partial charge is 0.328 e. The third kappa shape index (κ3) is 13.7. The summed E-state index contributed by atoms with van der Waals surface area (Å²) in [6.45, 7) is 4.29. The van der Waals surface area contributed by atoms with E-state index in [-0.39, 0.29) is 0 Å². The van der Waals surface area contributed by atoms with Crippen LogP contribution in [0.2, 0.25) is 0 Å². The molecule has 0 amide bonds. The molecule has 0 aromatic rings. The van der Waals surface area contributed by atoms with Crippen LogP contribution in [0.4, 0.5) is 0 Å². The van der Waals surface area contributed by atoms with Gasteiger partial charge in [0.25, 0.3) is 0 Å². The number of allylic oxidation sites excluding steroid dienone is 2. The van der Waals surface area contributed by atoms with Gasteiger partial charge in [-0.2, -0.15) is 0 Å². The van der Waals surface area contributed by atoms with Crippen LogP contribution in [0.1, 0.15) is 71.6 Å². The molecule has 0 aromatic carbocycles. The van der Waals surface area contributed by atoms with Crippen molar-refractivity contribution in [2.24, 2.45) is 5.73 Å². The van der Waals surface area contributed by atoms with Gasteiger partial charge in [-0.1, -0.05) is 51.2 Å². The van der Waals surface area contributed by atoms with Gasteiger partial charge in [0.1, 0.15) is 0 Å². The fraction of sp³-hybridized carbons (Fsp3) is 0.857. The molecule has 0 saturated carbocycles. The van der Waals surface area contributed by atoms with Gasteiger partial charge in [-0.05, 0) is 32.6 Å². The second kappa shape index (κ2) is 11.8. The Morgan fingerprint density at radius 3 is 2.13 bits per heavy atom. The summed E-state index contributed by atoms with van der Waals surface area (Å²) in [5.74, 6) is 0. The Morgan fingerprint density at radius 2 is 1.53 bits per heavy atom. The Bertz CT molecular complexity index is 138. The van der Waals surface area contributed by atoms with Gasteiger partial charge < -0.3 is 5.73 Å². The molecule has 90 valence electrons. The molecule has 0 radical (unpaired) electrons. The predicted octanol–water partition coefficient (Wildman–Crippen LogP) is 4.42. The summed E-state index contributed by atoms with van der Waals surface area (Å²) in [7, 11) is 0. The monoisotopic (exact) mass is 211 g/mol. The number of hydrogen-bond donors (Lipinski definition) is 1. The van der Waals surface area contributed by atoms with Crippen molar-refractivity contribution in [2.75, 3.05) is 0 Å². The highest BCUT2D eigenvalue weighted by Crippen LogP contribution is 2.09. The van der Waals surface area contributed by atoms with Crippen LogP contribution < -0.4 is 5.73 Å². The van der Waals surface area contributed by atoms with E-state index in [1.54, 1.807) is 0 Å². The van der Waals surface area contributed by atoms with E-state index in [9.17, 15) is 0 Å². The quantitative estimate of drug-likeness (QED) is 0.420. The molecular formula is C14H29N. The lowest BCUT2D eigenvalue weighted by molar-refractivity contribution is 0.550. The SMILES string of the molecule is CCC=CCCCCCCCCC(C)N. The molecule has 1 atom stereocenters. The summed E-state index contributed by atoms with van der Waals surface area (Å²) in [5, 5.41) is 0. The zero-order chi connectivity index (χ0) is 11.4. The summed E-state index contributed by atoms with van der Waals surface area (Å²) in [6, 6.07) is 0.393. The lowest BCUT2D eigenvalue weighted by Crippen LogP contribution is -2.13. The summed E-state index contributed by atoms with van der Waals surface area (Å²) in [6.07, 6.45) is 16.5. The topological polar surface area (TPSA) is 26.0 Å². The van der Waals surface area contributed by atoms with Gasteiger partial charge in [0.05, 0.1) is 0 Å². The van der Waals surface area contributed by atoms with Gasteiger partial charge in [-0.3, -0.25) is 0 Å². The molecule has 0 aromatic heterocycles. The van der Waals surface area contributed by atoms with Crippen molar-refractivity contribution < 1.29 is 0 Å². The van der Waals surface area contributed by atoms with E-state index in [4.69, 9.17) is 5.73 Å². The normalized spacial score (nSPS) is 13.5. The molecule has 0 aliphatic heterocycles. The second-order valence-electron chi connectivity index (χ2n) is 4.56. The Kier molecular flexibility index (Phi) is 11.5. The first-order valence-corrected chi connectivity index (χ1v) is 6.68. The van der Waals surface area contributed by atoms with Crippen molar-refractivity contribution in [3.8, 4) is 0 Å². The summed E-state index contributed by atoms with van der Waals surface area (Å²) in [5.41, 5.74) is 5.69. The third-order valence-electron chi connectivity index (χ3n) is 2.68. The van der Waals surface area contributed by atoms with Crippen LogP contribution in [-0.4, -0.2) is 6.04 Å². The lowest BCUT2D eigenvalue weighted by Gasteiger charge is -2.04. The maximum Gasteiger partial charge on any atom is 0.00104 e. The van der Waals surface area contributed by atoms with Gasteiger partial charge in [0, 0.05) is 6.04 Å². The highest BCUT2D eigenvalue weighted by molar-refractivity contribution is 4.79. The molecule has 0 heterocycles. The lowest BCUT2D eigenvalue weighted by atomic mass is 10.1. The Hall–Kier alpha value is -0.300. The zero-order valence-electron chi connectivity index (χ0n) is 10.7. The van der Waals surface area contributed by atoms with Crippen LogP contribution in [-0.2, 0) is 0 Å². The molecule has 0 bridgehead atoms. The molecule has 1 heteroatoms. The summed E-state index contributed by atoms with van der Waals surface area (Å²) < 4.78 is 0. The molecule has 0 fully saturated rings. The van der Waals surface area contributed by atoms with Crippen molar-refractivity contribution >= 4 is 0 Å². The maximum absolute atomic E-state index is 5.69. The zero-order valence-corrected chi connectivity index (χ0v) is 10.7. The van der Waals surface area contributed by atoms with E-state index in [0.29, 0.717) is 6.04 Å². The number of rotatable bonds is 10. The van der Waals surface area contributed by atoms with Crippen molar-refractivity contribution in [1.29, 1.82) is 0 Å². The predicted molar refractivity (Wildman–Crippen MR) is 70.0 cm³/mol. The maximum atomic E-state index is 5.69. The fourth-order valence-electron chi connectivity index (χ4n) is 1.72. The van der Waals surface area contributed by atoms with E-state index in [2.05, 4.69) is 26.0 Å². The minimum absolute atomic E-state index is 0.393. The van der Waals surface area contributed by atoms with E-state index in [1.165, 1.54) is 57.8 Å². The highest BCUT2D eigenvalue weighted by atomic mass is 14.6. The fourth-order valence-corrected chi connectivity index (χ4v) is 1.72. The van der Waals surface area contributed by atoms with Gasteiger partial charge in [0.2, 0.25) is 0 Å². The first kappa shape index (κ1) is 14.7. The summed E-state index contributed by atoms with van der Waals surface area (Å²) in [4.78, 5) is 0. The van der Waals surface area contributed by atoms with Crippen molar-refractivity contribution in [2.45, 2.75) is 77.7 Å². The van der Waals surface area contributed by atoms with E-state index in [0.717, 1.165) is 0 Å². The average Bonchev–Trinajstić information content (AvgIpc) is 2.20. The van der Waals surface area contributed by atoms with Crippen molar-refractivity contribution in [1.82, 2.24) is 0 Å². The van der Waals surface area contributed by atoms with Crippen LogP contribution in [0.25, 0.3) is 0 Å². The Labute approximate surface area is 96.1 Å². The molecular weight excluding hydrogens is 182 g/mol. The van der Waals surface area contributed by atoms with Crippen LogP contribution in [0.3, 0.4) is 0 Å². The molecule has 0 spiro atoms. The van der Waals surface area contributed by atoms with Gasteiger partial charge in [-0.25, -0.2) is 0 Å². The van der Waals surface area contributed by atoms with E-state index in [1.807, 2.05) is 0 Å². The Balaban J connectivity index is 2.96. The van der Waals surface area contributed by atoms with Crippen LogP contribution in [0, 0.1) is 0 Å². The molecule has 0 rings (SSSR count). The minimum atomic E-state index is 0.393. The first-order chi connectivity index (χ1) is 7.27.